The molecule has 0 aliphatic carbocycles. The number of amides is 1. The number of hydrogen-bond acceptors (Lipinski definition) is 5. The number of carboxylic acid groups (broad SMARTS) is 1. The molecule has 27 heavy (non-hydrogen) atoms. The molecule has 1 aliphatic rings. The molecular formula is C19H25N5O3. The topological polar surface area (TPSA) is 102 Å². The minimum atomic E-state index is -0.799. The molecular weight excluding hydrogens is 346 g/mol. The van der Waals surface area contributed by atoms with Crippen LogP contribution in [0, 0.1) is 5.92 Å². The quantitative estimate of drug-likeness (QED) is 0.802. The highest BCUT2D eigenvalue weighted by Gasteiger charge is 2.33. The highest BCUT2D eigenvalue weighted by molar-refractivity contribution is 6.00. The summed E-state index contributed by atoms with van der Waals surface area (Å²) in [5.41, 5.74) is 1.30. The zero-order chi connectivity index (χ0) is 19.4. The Hall–Kier alpha value is -2.74. The standard InChI is InChI=1S/C19H25N5O3/c1-23(2)16-9-10-24(11-13(16)7-8-17(25)26)19(27)15-6-4-3-5-14(15)18-20-12-21-22-18/h3-6,12-13,16H,7-11H2,1-2H3,(H,25,26)(H,20,21,22)/t13-,16+/m1/s1. The fraction of sp³-hybridized carbons (Fsp3) is 0.474. The number of H-pyrrole nitrogens is 1. The first kappa shape index (κ1) is 19.0. The van der Waals surface area contributed by atoms with Crippen molar-refractivity contribution >= 4 is 11.9 Å². The lowest BCUT2D eigenvalue weighted by atomic mass is 9.87. The third kappa shape index (κ3) is 4.33. The van der Waals surface area contributed by atoms with Gasteiger partial charge in [0.1, 0.15) is 6.33 Å². The maximum Gasteiger partial charge on any atom is 0.303 e. The zero-order valence-electron chi connectivity index (χ0n) is 15.6. The molecule has 1 aliphatic heterocycles. The number of benzene rings is 1. The Morgan fingerprint density at radius 3 is 2.78 bits per heavy atom. The smallest absolute Gasteiger partial charge is 0.303 e. The van der Waals surface area contributed by atoms with Crippen LogP contribution in [0.15, 0.2) is 30.6 Å². The monoisotopic (exact) mass is 371 g/mol. The van der Waals surface area contributed by atoms with Gasteiger partial charge in [-0.25, -0.2) is 4.98 Å². The first-order valence-corrected chi connectivity index (χ1v) is 9.09. The summed E-state index contributed by atoms with van der Waals surface area (Å²) in [5.74, 6) is -0.165. The van der Waals surface area contributed by atoms with Crippen molar-refractivity contribution in [3.05, 3.63) is 36.2 Å². The second kappa shape index (κ2) is 8.30. The number of nitrogens with one attached hydrogen (secondary N) is 1. The molecule has 1 aromatic heterocycles. The Morgan fingerprint density at radius 1 is 1.33 bits per heavy atom. The van der Waals surface area contributed by atoms with Gasteiger partial charge in [-0.2, -0.15) is 5.10 Å². The highest BCUT2D eigenvalue weighted by atomic mass is 16.4. The fourth-order valence-electron chi connectivity index (χ4n) is 3.86. The largest absolute Gasteiger partial charge is 0.481 e. The van der Waals surface area contributed by atoms with Gasteiger partial charge in [0, 0.05) is 31.1 Å². The summed E-state index contributed by atoms with van der Waals surface area (Å²) in [4.78, 5) is 32.4. The predicted molar refractivity (Wildman–Crippen MR) is 100 cm³/mol. The summed E-state index contributed by atoms with van der Waals surface area (Å²) in [6.07, 6.45) is 2.92. The maximum absolute atomic E-state index is 13.2. The van der Waals surface area contributed by atoms with Gasteiger partial charge in [0.05, 0.1) is 5.56 Å². The van der Waals surface area contributed by atoms with Crippen molar-refractivity contribution in [2.75, 3.05) is 27.2 Å². The van der Waals surface area contributed by atoms with Gasteiger partial charge in [0.25, 0.3) is 5.91 Å². The summed E-state index contributed by atoms with van der Waals surface area (Å²) in [6.45, 7) is 1.20. The molecule has 2 heterocycles. The second-order valence-electron chi connectivity index (χ2n) is 7.14. The van der Waals surface area contributed by atoms with Crippen LogP contribution in [0.4, 0.5) is 0 Å². The van der Waals surface area contributed by atoms with E-state index in [1.54, 1.807) is 6.07 Å². The Balaban J connectivity index is 1.80. The van der Waals surface area contributed by atoms with Gasteiger partial charge in [-0.3, -0.25) is 14.7 Å². The van der Waals surface area contributed by atoms with Crippen molar-refractivity contribution in [2.45, 2.75) is 25.3 Å². The van der Waals surface area contributed by atoms with Crippen molar-refractivity contribution in [1.29, 1.82) is 0 Å². The highest BCUT2D eigenvalue weighted by Crippen LogP contribution is 2.28. The summed E-state index contributed by atoms with van der Waals surface area (Å²) >= 11 is 0. The number of hydrogen-bond donors (Lipinski definition) is 2. The Bertz CT molecular complexity index is 790. The van der Waals surface area contributed by atoms with Gasteiger partial charge in [-0.1, -0.05) is 18.2 Å². The molecule has 144 valence electrons. The summed E-state index contributed by atoms with van der Waals surface area (Å²) < 4.78 is 0. The van der Waals surface area contributed by atoms with Crippen molar-refractivity contribution in [1.82, 2.24) is 25.0 Å². The molecule has 0 radical (unpaired) electrons. The number of piperidine rings is 1. The number of likely N-dealkylation sites (tertiary alicyclic amines) is 1. The minimum Gasteiger partial charge on any atom is -0.481 e. The van der Waals surface area contributed by atoms with Crippen molar-refractivity contribution in [3.63, 3.8) is 0 Å². The Morgan fingerprint density at radius 2 is 2.11 bits per heavy atom. The molecule has 2 N–H and O–H groups in total. The van der Waals surface area contributed by atoms with Gasteiger partial charge < -0.3 is 14.9 Å². The molecule has 1 amide bonds. The number of carboxylic acids is 1. The second-order valence-corrected chi connectivity index (χ2v) is 7.14. The lowest BCUT2D eigenvalue weighted by molar-refractivity contribution is -0.137. The summed E-state index contributed by atoms with van der Waals surface area (Å²) in [6, 6.07) is 7.62. The number of nitrogens with zero attached hydrogens (tertiary/aromatic N) is 4. The molecule has 1 fully saturated rings. The first-order chi connectivity index (χ1) is 13.0. The Kier molecular flexibility index (Phi) is 5.85. The van der Waals surface area contributed by atoms with E-state index >= 15 is 0 Å². The Labute approximate surface area is 158 Å². The van der Waals surface area contributed by atoms with Crippen LogP contribution in [0.1, 0.15) is 29.6 Å². The van der Waals surface area contributed by atoms with E-state index in [1.165, 1.54) is 6.33 Å². The lowest BCUT2D eigenvalue weighted by Gasteiger charge is -2.41. The van der Waals surface area contributed by atoms with Crippen LogP contribution in [-0.2, 0) is 4.79 Å². The van der Waals surface area contributed by atoms with Crippen LogP contribution in [0.5, 0.6) is 0 Å². The van der Waals surface area contributed by atoms with E-state index in [0.29, 0.717) is 30.9 Å². The molecule has 3 rings (SSSR count). The average molecular weight is 371 g/mol. The molecule has 0 spiro atoms. The van der Waals surface area contributed by atoms with E-state index in [1.807, 2.05) is 37.2 Å². The number of carbonyl (C=O) groups excluding carboxylic acids is 1. The van der Waals surface area contributed by atoms with Crippen LogP contribution in [0.25, 0.3) is 11.4 Å². The molecule has 2 atom stereocenters. The molecule has 0 unspecified atom stereocenters. The molecule has 1 saturated heterocycles. The number of aromatic amines is 1. The van der Waals surface area contributed by atoms with E-state index < -0.39 is 5.97 Å². The van der Waals surface area contributed by atoms with Crippen LogP contribution in [-0.4, -0.2) is 75.2 Å². The van der Waals surface area contributed by atoms with Gasteiger partial charge in [0.2, 0.25) is 0 Å². The van der Waals surface area contributed by atoms with Crippen molar-refractivity contribution < 1.29 is 14.7 Å². The molecule has 8 heteroatoms. The van der Waals surface area contributed by atoms with Gasteiger partial charge in [0.15, 0.2) is 5.82 Å². The van der Waals surface area contributed by atoms with Crippen LogP contribution in [0.3, 0.4) is 0 Å². The first-order valence-electron chi connectivity index (χ1n) is 9.09. The molecule has 2 aromatic rings. The van der Waals surface area contributed by atoms with Crippen LogP contribution < -0.4 is 0 Å². The molecule has 0 saturated carbocycles. The van der Waals surface area contributed by atoms with Crippen molar-refractivity contribution in [2.24, 2.45) is 5.92 Å². The van der Waals surface area contributed by atoms with Crippen LogP contribution in [0.2, 0.25) is 0 Å². The van der Waals surface area contributed by atoms with E-state index in [4.69, 9.17) is 5.11 Å². The SMILES string of the molecule is CN(C)[C@H]1CCN(C(=O)c2ccccc2-c2ncn[nH]2)C[C@H]1CCC(=O)O. The molecule has 0 bridgehead atoms. The summed E-state index contributed by atoms with van der Waals surface area (Å²) in [7, 11) is 4.02. The van der Waals surface area contributed by atoms with Gasteiger partial charge >= 0.3 is 5.97 Å². The van der Waals surface area contributed by atoms with Crippen molar-refractivity contribution in [3.8, 4) is 11.4 Å². The lowest BCUT2D eigenvalue weighted by Crippen LogP contribution is -2.50. The van der Waals surface area contributed by atoms with E-state index in [0.717, 1.165) is 12.0 Å². The number of aromatic nitrogens is 3. The maximum atomic E-state index is 13.2. The fourth-order valence-corrected chi connectivity index (χ4v) is 3.86. The minimum absolute atomic E-state index is 0.0560. The van der Waals surface area contributed by atoms with Gasteiger partial charge in [-0.15, -0.1) is 0 Å². The number of carbonyl (C=O) groups is 2. The normalized spacial score (nSPS) is 20.0. The zero-order valence-corrected chi connectivity index (χ0v) is 15.6. The van der Waals surface area contributed by atoms with E-state index in [-0.39, 0.29) is 24.3 Å². The molecule has 1 aromatic carbocycles. The number of aliphatic carboxylic acids is 1. The third-order valence-electron chi connectivity index (χ3n) is 5.20. The third-order valence-corrected chi connectivity index (χ3v) is 5.20. The molecule has 8 nitrogen and oxygen atoms in total. The van der Waals surface area contributed by atoms with Gasteiger partial charge in [-0.05, 0) is 38.9 Å². The van der Waals surface area contributed by atoms with E-state index in [9.17, 15) is 9.59 Å². The van der Waals surface area contributed by atoms with Crippen LogP contribution >= 0.6 is 0 Å². The average Bonchev–Trinajstić information content (AvgIpc) is 3.20. The summed E-state index contributed by atoms with van der Waals surface area (Å²) in [5, 5.41) is 15.7. The predicted octanol–water partition coefficient (Wildman–Crippen LogP) is 1.73. The number of rotatable bonds is 6. The van der Waals surface area contributed by atoms with E-state index in [2.05, 4.69) is 20.1 Å².